The maximum atomic E-state index is 11.1. The third kappa shape index (κ3) is 2.28. The van der Waals surface area contributed by atoms with E-state index in [4.69, 9.17) is 0 Å². The number of carbonyl (C=O) groups excluding carboxylic acids is 1. The van der Waals surface area contributed by atoms with Gasteiger partial charge in [0.15, 0.2) is 0 Å². The van der Waals surface area contributed by atoms with Crippen molar-refractivity contribution >= 4 is 11.7 Å². The summed E-state index contributed by atoms with van der Waals surface area (Å²) < 4.78 is 0. The zero-order chi connectivity index (χ0) is 9.84. The SMILES string of the molecule is CCN(C(C)=O)c1ccc(C)cn1. The molecule has 0 saturated carbocycles. The number of amides is 1. The van der Waals surface area contributed by atoms with Crippen LogP contribution in [0, 0.1) is 6.92 Å². The van der Waals surface area contributed by atoms with Gasteiger partial charge in [0.2, 0.25) is 5.91 Å². The van der Waals surface area contributed by atoms with Crippen LogP contribution in [0.1, 0.15) is 19.4 Å². The van der Waals surface area contributed by atoms with Crippen LogP contribution < -0.4 is 4.90 Å². The van der Waals surface area contributed by atoms with Gasteiger partial charge in [0.25, 0.3) is 0 Å². The third-order valence-corrected chi connectivity index (χ3v) is 1.87. The summed E-state index contributed by atoms with van der Waals surface area (Å²) in [6.07, 6.45) is 1.76. The fourth-order valence-corrected chi connectivity index (χ4v) is 1.17. The third-order valence-electron chi connectivity index (χ3n) is 1.87. The Bertz CT molecular complexity index is 292. The van der Waals surface area contributed by atoms with E-state index < -0.39 is 0 Å². The molecular formula is C10H14N2O. The molecule has 0 unspecified atom stereocenters. The Morgan fingerprint density at radius 1 is 1.54 bits per heavy atom. The van der Waals surface area contributed by atoms with Crippen LogP contribution in [-0.2, 0) is 4.79 Å². The standard InChI is InChI=1S/C10H14N2O/c1-4-12(9(3)13)10-6-5-8(2)7-11-10/h5-7H,4H2,1-3H3. The van der Waals surface area contributed by atoms with E-state index in [1.54, 1.807) is 18.0 Å². The van der Waals surface area contributed by atoms with Gasteiger partial charge in [-0.05, 0) is 25.5 Å². The van der Waals surface area contributed by atoms with Crippen molar-refractivity contribution in [3.63, 3.8) is 0 Å². The lowest BCUT2D eigenvalue weighted by Crippen LogP contribution is -2.28. The van der Waals surface area contributed by atoms with Crippen LogP contribution in [0.3, 0.4) is 0 Å². The van der Waals surface area contributed by atoms with Crippen LogP contribution in [0.25, 0.3) is 0 Å². The van der Waals surface area contributed by atoms with E-state index >= 15 is 0 Å². The van der Waals surface area contributed by atoms with Crippen LogP contribution in [0.5, 0.6) is 0 Å². The first kappa shape index (κ1) is 9.71. The summed E-state index contributed by atoms with van der Waals surface area (Å²) in [5, 5.41) is 0. The molecule has 1 heterocycles. The largest absolute Gasteiger partial charge is 0.297 e. The average molecular weight is 178 g/mol. The molecule has 3 heteroatoms. The number of hydrogen-bond donors (Lipinski definition) is 0. The predicted molar refractivity (Wildman–Crippen MR) is 52.7 cm³/mol. The molecular weight excluding hydrogens is 164 g/mol. The zero-order valence-electron chi connectivity index (χ0n) is 8.24. The van der Waals surface area contributed by atoms with Crippen molar-refractivity contribution in [2.75, 3.05) is 11.4 Å². The molecule has 0 aliphatic carbocycles. The van der Waals surface area contributed by atoms with E-state index in [1.807, 2.05) is 26.0 Å². The summed E-state index contributed by atoms with van der Waals surface area (Å²) in [5.41, 5.74) is 1.10. The normalized spacial score (nSPS) is 9.77. The van der Waals surface area contributed by atoms with Crippen molar-refractivity contribution in [1.29, 1.82) is 0 Å². The minimum atomic E-state index is 0.0267. The first-order valence-corrected chi connectivity index (χ1v) is 4.36. The second-order valence-electron chi connectivity index (χ2n) is 2.96. The van der Waals surface area contributed by atoms with Crippen molar-refractivity contribution in [2.45, 2.75) is 20.8 Å². The highest BCUT2D eigenvalue weighted by Crippen LogP contribution is 2.10. The van der Waals surface area contributed by atoms with Crippen LogP contribution in [0.4, 0.5) is 5.82 Å². The van der Waals surface area contributed by atoms with E-state index in [-0.39, 0.29) is 5.91 Å². The number of rotatable bonds is 2. The summed E-state index contributed by atoms with van der Waals surface area (Å²) in [7, 11) is 0. The number of nitrogens with zero attached hydrogens (tertiary/aromatic N) is 2. The number of aromatic nitrogens is 1. The maximum absolute atomic E-state index is 11.1. The molecule has 3 nitrogen and oxygen atoms in total. The minimum absolute atomic E-state index is 0.0267. The van der Waals surface area contributed by atoms with Crippen molar-refractivity contribution in [3.8, 4) is 0 Å². The lowest BCUT2D eigenvalue weighted by atomic mass is 10.3. The van der Waals surface area contributed by atoms with E-state index in [1.165, 1.54) is 0 Å². The molecule has 0 aromatic carbocycles. The number of pyridine rings is 1. The lowest BCUT2D eigenvalue weighted by molar-refractivity contribution is -0.116. The molecule has 0 radical (unpaired) electrons. The van der Waals surface area contributed by atoms with Crippen molar-refractivity contribution in [3.05, 3.63) is 23.9 Å². The molecule has 70 valence electrons. The molecule has 1 rings (SSSR count). The highest BCUT2D eigenvalue weighted by molar-refractivity contribution is 5.90. The Hall–Kier alpha value is -1.38. The number of carbonyl (C=O) groups is 1. The van der Waals surface area contributed by atoms with Gasteiger partial charge in [-0.25, -0.2) is 4.98 Å². The first-order valence-electron chi connectivity index (χ1n) is 4.36. The molecule has 13 heavy (non-hydrogen) atoms. The van der Waals surface area contributed by atoms with Gasteiger partial charge in [0.05, 0.1) is 0 Å². The Labute approximate surface area is 78.4 Å². The molecule has 0 fully saturated rings. The molecule has 0 aliphatic rings. The molecule has 0 bridgehead atoms. The Kier molecular flexibility index (Phi) is 3.01. The zero-order valence-corrected chi connectivity index (χ0v) is 8.24. The van der Waals surface area contributed by atoms with Crippen molar-refractivity contribution in [1.82, 2.24) is 4.98 Å². The van der Waals surface area contributed by atoms with Crippen molar-refractivity contribution in [2.24, 2.45) is 0 Å². The minimum Gasteiger partial charge on any atom is -0.297 e. The quantitative estimate of drug-likeness (QED) is 0.691. The van der Waals surface area contributed by atoms with E-state index in [0.29, 0.717) is 6.54 Å². The molecule has 1 amide bonds. The Morgan fingerprint density at radius 2 is 2.23 bits per heavy atom. The number of hydrogen-bond acceptors (Lipinski definition) is 2. The summed E-state index contributed by atoms with van der Waals surface area (Å²) in [5.74, 6) is 0.749. The van der Waals surface area contributed by atoms with Crippen LogP contribution in [0.2, 0.25) is 0 Å². The topological polar surface area (TPSA) is 33.2 Å². The lowest BCUT2D eigenvalue weighted by Gasteiger charge is -2.17. The van der Waals surface area contributed by atoms with Crippen LogP contribution in [0.15, 0.2) is 18.3 Å². The van der Waals surface area contributed by atoms with E-state index in [2.05, 4.69) is 4.98 Å². The van der Waals surface area contributed by atoms with Gasteiger partial charge in [0, 0.05) is 19.7 Å². The van der Waals surface area contributed by atoms with Gasteiger partial charge in [-0.2, -0.15) is 0 Å². The van der Waals surface area contributed by atoms with Gasteiger partial charge in [-0.3, -0.25) is 9.69 Å². The molecule has 0 N–H and O–H groups in total. The monoisotopic (exact) mass is 178 g/mol. The molecule has 0 atom stereocenters. The second-order valence-corrected chi connectivity index (χ2v) is 2.96. The van der Waals surface area contributed by atoms with Crippen LogP contribution >= 0.6 is 0 Å². The maximum Gasteiger partial charge on any atom is 0.225 e. The summed E-state index contributed by atoms with van der Waals surface area (Å²) in [4.78, 5) is 17.0. The van der Waals surface area contributed by atoms with Crippen LogP contribution in [-0.4, -0.2) is 17.4 Å². The Morgan fingerprint density at radius 3 is 2.62 bits per heavy atom. The molecule has 1 aromatic rings. The highest BCUT2D eigenvalue weighted by atomic mass is 16.2. The second kappa shape index (κ2) is 4.03. The highest BCUT2D eigenvalue weighted by Gasteiger charge is 2.08. The number of anilines is 1. The summed E-state index contributed by atoms with van der Waals surface area (Å²) in [6, 6.07) is 3.81. The molecule has 0 spiro atoms. The average Bonchev–Trinajstić information content (AvgIpc) is 2.09. The molecule has 1 aromatic heterocycles. The van der Waals surface area contributed by atoms with Gasteiger partial charge >= 0.3 is 0 Å². The molecule has 0 saturated heterocycles. The van der Waals surface area contributed by atoms with Gasteiger partial charge < -0.3 is 0 Å². The smallest absolute Gasteiger partial charge is 0.225 e. The summed E-state index contributed by atoms with van der Waals surface area (Å²) >= 11 is 0. The number of aryl methyl sites for hydroxylation is 1. The predicted octanol–water partition coefficient (Wildman–Crippen LogP) is 1.76. The molecule has 0 aliphatic heterocycles. The van der Waals surface area contributed by atoms with Gasteiger partial charge in [0.1, 0.15) is 5.82 Å². The van der Waals surface area contributed by atoms with Gasteiger partial charge in [-0.15, -0.1) is 0 Å². The Balaban J connectivity index is 2.92. The fraction of sp³-hybridized carbons (Fsp3) is 0.400. The van der Waals surface area contributed by atoms with Gasteiger partial charge in [-0.1, -0.05) is 6.07 Å². The summed E-state index contributed by atoms with van der Waals surface area (Å²) in [6.45, 7) is 6.11. The fourth-order valence-electron chi connectivity index (χ4n) is 1.17. The first-order chi connectivity index (χ1) is 6.15. The van der Waals surface area contributed by atoms with E-state index in [9.17, 15) is 4.79 Å². The van der Waals surface area contributed by atoms with Crippen molar-refractivity contribution < 1.29 is 4.79 Å². The van der Waals surface area contributed by atoms with E-state index in [0.717, 1.165) is 11.4 Å².